The lowest BCUT2D eigenvalue weighted by atomic mass is 10.1. The van der Waals surface area contributed by atoms with Crippen LogP contribution >= 0.6 is 11.6 Å². The van der Waals surface area contributed by atoms with Crippen molar-refractivity contribution in [2.75, 3.05) is 23.7 Å². The molecule has 0 heterocycles. The Hall–Kier alpha value is -2.58. The number of hydrogen-bond donors (Lipinski definition) is 1. The molecule has 0 aliphatic heterocycles. The van der Waals surface area contributed by atoms with E-state index < -0.39 is 16.1 Å². The van der Waals surface area contributed by atoms with Crippen molar-refractivity contribution in [3.05, 3.63) is 64.2 Å². The van der Waals surface area contributed by atoms with E-state index in [1.165, 1.54) is 4.31 Å². The van der Waals surface area contributed by atoms with Crippen LogP contribution in [0.3, 0.4) is 0 Å². The van der Waals surface area contributed by atoms with Gasteiger partial charge in [-0.3, -0.25) is 13.9 Å². The van der Waals surface area contributed by atoms with Crippen molar-refractivity contribution >= 4 is 39.1 Å². The molecule has 0 radical (unpaired) electrons. The number of rotatable bonds is 11. The van der Waals surface area contributed by atoms with E-state index in [-0.39, 0.29) is 24.8 Å². The van der Waals surface area contributed by atoms with Gasteiger partial charge in [-0.2, -0.15) is 0 Å². The number of nitrogens with zero attached hydrogens (tertiary/aromatic N) is 2. The molecule has 0 unspecified atom stereocenters. The van der Waals surface area contributed by atoms with Crippen LogP contribution in [0.25, 0.3) is 0 Å². The molecule has 1 atom stereocenters. The van der Waals surface area contributed by atoms with Crippen LogP contribution in [0.15, 0.2) is 42.5 Å². The second-order valence-corrected chi connectivity index (χ2v) is 10.8. The first-order valence-electron chi connectivity index (χ1n) is 11.3. The fourth-order valence-corrected chi connectivity index (χ4v) is 4.81. The normalized spacial score (nSPS) is 12.2. The van der Waals surface area contributed by atoms with Crippen LogP contribution in [0.4, 0.5) is 5.69 Å². The van der Waals surface area contributed by atoms with Crippen molar-refractivity contribution in [1.29, 1.82) is 0 Å². The second kappa shape index (κ2) is 12.2. The fraction of sp³-hybridized carbons (Fsp3) is 0.440. The number of anilines is 1. The summed E-state index contributed by atoms with van der Waals surface area (Å²) in [4.78, 5) is 27.3. The van der Waals surface area contributed by atoms with Crippen molar-refractivity contribution in [2.24, 2.45) is 0 Å². The van der Waals surface area contributed by atoms with Crippen LogP contribution in [0.1, 0.15) is 43.4 Å². The lowest BCUT2D eigenvalue weighted by molar-refractivity contribution is -0.140. The zero-order valence-corrected chi connectivity index (χ0v) is 22.0. The molecule has 0 saturated heterocycles. The molecule has 0 spiro atoms. The summed E-state index contributed by atoms with van der Waals surface area (Å²) in [5.41, 5.74) is 3.29. The smallest absolute Gasteiger partial charge is 0.242 e. The Morgan fingerprint density at radius 1 is 1.09 bits per heavy atom. The Bertz CT molecular complexity index is 1100. The second-order valence-electron chi connectivity index (χ2n) is 8.45. The van der Waals surface area contributed by atoms with Crippen molar-refractivity contribution in [3.8, 4) is 0 Å². The van der Waals surface area contributed by atoms with Crippen molar-refractivity contribution in [2.45, 2.75) is 53.1 Å². The topological polar surface area (TPSA) is 86.8 Å². The largest absolute Gasteiger partial charge is 0.355 e. The number of halogens is 1. The van der Waals surface area contributed by atoms with E-state index in [0.29, 0.717) is 30.2 Å². The summed E-state index contributed by atoms with van der Waals surface area (Å²) in [6.07, 6.45) is 1.53. The monoisotopic (exact) mass is 507 g/mol. The molecule has 0 fully saturated rings. The standard InChI is InChI=1S/C25H34ClN3O4S/c1-6-27-25(31)20(4)28(17-21-12-9-18(2)10-13-21)24(30)8-7-15-29(34(5,32)33)23-16-22(26)14-11-19(23)3/h9-14,16,20H,6-8,15,17H2,1-5H3,(H,27,31)/t20-/m0/s1. The van der Waals surface area contributed by atoms with Gasteiger partial charge < -0.3 is 10.2 Å². The summed E-state index contributed by atoms with van der Waals surface area (Å²) < 4.78 is 26.2. The molecule has 0 bridgehead atoms. The van der Waals surface area contributed by atoms with Crippen LogP contribution in [-0.4, -0.2) is 50.5 Å². The van der Waals surface area contributed by atoms with E-state index >= 15 is 0 Å². The molecule has 34 heavy (non-hydrogen) atoms. The SMILES string of the molecule is CCNC(=O)[C@H](C)N(Cc1ccc(C)cc1)C(=O)CCCN(c1cc(Cl)ccc1C)S(C)(=O)=O. The highest BCUT2D eigenvalue weighted by molar-refractivity contribution is 7.92. The predicted molar refractivity (Wildman–Crippen MR) is 137 cm³/mol. The summed E-state index contributed by atoms with van der Waals surface area (Å²) in [6, 6.07) is 12.2. The maximum absolute atomic E-state index is 13.2. The quantitative estimate of drug-likeness (QED) is 0.497. The summed E-state index contributed by atoms with van der Waals surface area (Å²) in [5, 5.41) is 3.21. The third-order valence-corrected chi connectivity index (χ3v) is 7.00. The van der Waals surface area contributed by atoms with Crippen LogP contribution in [-0.2, 0) is 26.2 Å². The molecular formula is C25H34ClN3O4S. The number of hydrogen-bond acceptors (Lipinski definition) is 4. The highest BCUT2D eigenvalue weighted by Gasteiger charge is 2.26. The van der Waals surface area contributed by atoms with Crippen molar-refractivity contribution < 1.29 is 18.0 Å². The van der Waals surface area contributed by atoms with Gasteiger partial charge in [0.2, 0.25) is 21.8 Å². The molecule has 2 amide bonds. The van der Waals surface area contributed by atoms with Crippen LogP contribution in [0.2, 0.25) is 5.02 Å². The first kappa shape index (κ1) is 27.7. The molecule has 9 heteroatoms. The van der Waals surface area contributed by atoms with Crippen molar-refractivity contribution in [3.63, 3.8) is 0 Å². The predicted octanol–water partition coefficient (Wildman–Crippen LogP) is 4.06. The van der Waals surface area contributed by atoms with Crippen LogP contribution < -0.4 is 9.62 Å². The minimum atomic E-state index is -3.58. The number of amides is 2. The average molecular weight is 508 g/mol. The van der Waals surface area contributed by atoms with Gasteiger partial charge in [0.1, 0.15) is 6.04 Å². The van der Waals surface area contributed by atoms with Crippen molar-refractivity contribution in [1.82, 2.24) is 10.2 Å². The van der Waals surface area contributed by atoms with Gasteiger partial charge >= 0.3 is 0 Å². The Kier molecular flexibility index (Phi) is 9.94. The molecule has 186 valence electrons. The maximum atomic E-state index is 13.2. The first-order valence-corrected chi connectivity index (χ1v) is 13.5. The highest BCUT2D eigenvalue weighted by Crippen LogP contribution is 2.27. The van der Waals surface area contributed by atoms with Gasteiger partial charge in [-0.15, -0.1) is 0 Å². The molecule has 0 aromatic heterocycles. The Balaban J connectivity index is 2.18. The summed E-state index contributed by atoms with van der Waals surface area (Å²) in [5.74, 6) is -0.439. The Morgan fingerprint density at radius 2 is 1.74 bits per heavy atom. The van der Waals surface area contributed by atoms with E-state index in [1.807, 2.05) is 45.0 Å². The van der Waals surface area contributed by atoms with E-state index in [1.54, 1.807) is 30.0 Å². The number of benzene rings is 2. The van der Waals surface area contributed by atoms with Gasteiger partial charge in [0.05, 0.1) is 11.9 Å². The zero-order chi connectivity index (χ0) is 25.5. The Labute approximate surface area is 208 Å². The van der Waals surface area contributed by atoms with Crippen LogP contribution in [0, 0.1) is 13.8 Å². The molecule has 7 nitrogen and oxygen atoms in total. The third-order valence-electron chi connectivity index (χ3n) is 5.58. The third kappa shape index (κ3) is 7.74. The first-order chi connectivity index (χ1) is 15.9. The fourth-order valence-electron chi connectivity index (χ4n) is 3.63. The summed E-state index contributed by atoms with van der Waals surface area (Å²) >= 11 is 6.09. The maximum Gasteiger partial charge on any atom is 0.242 e. The number of carbonyl (C=O) groups excluding carboxylic acids is 2. The summed E-state index contributed by atoms with van der Waals surface area (Å²) in [6.45, 7) is 8.22. The molecule has 0 saturated carbocycles. The van der Waals surface area contributed by atoms with E-state index in [0.717, 1.165) is 22.9 Å². The number of carbonyl (C=O) groups is 2. The van der Waals surface area contributed by atoms with Crippen LogP contribution in [0.5, 0.6) is 0 Å². The zero-order valence-electron chi connectivity index (χ0n) is 20.5. The van der Waals surface area contributed by atoms with Gasteiger partial charge in [-0.25, -0.2) is 8.42 Å². The molecule has 2 aromatic rings. The van der Waals surface area contributed by atoms with E-state index in [2.05, 4.69) is 5.32 Å². The molecule has 1 N–H and O–H groups in total. The molecule has 2 rings (SSSR count). The molecule has 2 aromatic carbocycles. The molecule has 0 aliphatic carbocycles. The van der Waals surface area contributed by atoms with Gasteiger partial charge in [0, 0.05) is 31.1 Å². The van der Waals surface area contributed by atoms with Gasteiger partial charge in [-0.1, -0.05) is 47.5 Å². The van der Waals surface area contributed by atoms with E-state index in [4.69, 9.17) is 11.6 Å². The Morgan fingerprint density at radius 3 is 2.32 bits per heavy atom. The lowest BCUT2D eigenvalue weighted by Crippen LogP contribution is -2.47. The van der Waals surface area contributed by atoms with Gasteiger partial charge in [0.15, 0.2) is 0 Å². The van der Waals surface area contributed by atoms with Gasteiger partial charge in [-0.05, 0) is 57.4 Å². The number of likely N-dealkylation sites (N-methyl/N-ethyl adjacent to an activating group) is 1. The molecule has 0 aliphatic rings. The minimum Gasteiger partial charge on any atom is -0.355 e. The minimum absolute atomic E-state index is 0.0985. The average Bonchev–Trinajstić information content (AvgIpc) is 2.77. The number of aryl methyl sites for hydroxylation is 2. The highest BCUT2D eigenvalue weighted by atomic mass is 35.5. The lowest BCUT2D eigenvalue weighted by Gasteiger charge is -2.29. The van der Waals surface area contributed by atoms with Gasteiger partial charge in [0.25, 0.3) is 0 Å². The number of sulfonamides is 1. The number of nitrogens with one attached hydrogen (secondary N) is 1. The molecular weight excluding hydrogens is 474 g/mol. The summed E-state index contributed by atoms with van der Waals surface area (Å²) in [7, 11) is -3.58. The van der Waals surface area contributed by atoms with E-state index in [9.17, 15) is 18.0 Å².